The van der Waals surface area contributed by atoms with E-state index in [-0.39, 0.29) is 23.6 Å². The number of likely N-dealkylation sites (N-methyl/N-ethyl adjacent to an activating group) is 1. The van der Waals surface area contributed by atoms with Crippen molar-refractivity contribution in [3.63, 3.8) is 0 Å². The molecule has 6 nitrogen and oxygen atoms in total. The van der Waals surface area contributed by atoms with Crippen LogP contribution in [0.3, 0.4) is 0 Å². The number of nitriles is 1. The Labute approximate surface area is 189 Å². The summed E-state index contributed by atoms with van der Waals surface area (Å²) in [6, 6.07) is 0.254. The molecule has 0 aliphatic carbocycles. The molecule has 0 saturated carbocycles. The number of carbonyl (C=O) groups excluding carboxylic acids is 1. The predicted molar refractivity (Wildman–Crippen MR) is 107 cm³/mol. The molecule has 0 unspecified atom stereocenters. The summed E-state index contributed by atoms with van der Waals surface area (Å²) in [4.78, 5) is 18.5. The van der Waals surface area contributed by atoms with Crippen molar-refractivity contribution >= 4 is 29.0 Å². The first-order chi connectivity index (χ1) is 16.1. The zero-order valence-electron chi connectivity index (χ0n) is 19.3. The van der Waals surface area contributed by atoms with E-state index in [4.69, 9.17) is 21.4 Å². The van der Waals surface area contributed by atoms with E-state index in [2.05, 4.69) is 4.98 Å². The average molecular weight is 477 g/mol. The van der Waals surface area contributed by atoms with Crippen molar-refractivity contribution in [3.8, 4) is 6.07 Å². The van der Waals surface area contributed by atoms with E-state index < -0.39 is 70.4 Å². The Morgan fingerprint density at radius 1 is 1.38 bits per heavy atom. The number of aromatic nitrogens is 1. The Balaban J connectivity index is 2.19. The number of benzene rings is 1. The molecule has 2 atom stereocenters. The molecule has 0 radical (unpaired) electrons. The number of pyridine rings is 1. The number of hydrogen-bond donors (Lipinski definition) is 1. The maximum atomic E-state index is 14.6. The Morgan fingerprint density at radius 2 is 2.06 bits per heavy atom. The van der Waals surface area contributed by atoms with Crippen LogP contribution in [0.4, 0.5) is 33.5 Å². The van der Waals surface area contributed by atoms with E-state index in [1.807, 2.05) is 0 Å². The normalized spacial score (nSPS) is 20.3. The summed E-state index contributed by atoms with van der Waals surface area (Å²) in [5.41, 5.74) is 2.85. The smallest absolute Gasteiger partial charge is 0.342 e. The van der Waals surface area contributed by atoms with Gasteiger partial charge in [-0.2, -0.15) is 18.4 Å². The van der Waals surface area contributed by atoms with Crippen LogP contribution >= 0.6 is 11.6 Å². The summed E-state index contributed by atoms with van der Waals surface area (Å²) in [6.45, 7) is -2.22. The van der Waals surface area contributed by atoms with Crippen molar-refractivity contribution in [2.75, 3.05) is 23.3 Å². The molecule has 2 N–H and O–H groups in total. The Hall–Kier alpha value is -2.97. The molecular formula is C20H17ClF5N5O. The van der Waals surface area contributed by atoms with E-state index in [9.17, 15) is 32.0 Å². The Bertz CT molecular complexity index is 1220. The first kappa shape index (κ1) is 19.7. The summed E-state index contributed by atoms with van der Waals surface area (Å²) in [7, 11) is 0. The topological polar surface area (TPSA) is 86.2 Å². The monoisotopic (exact) mass is 476 g/mol. The minimum atomic E-state index is -4.92. The van der Waals surface area contributed by atoms with Crippen molar-refractivity contribution in [2.45, 2.75) is 31.6 Å². The lowest BCUT2D eigenvalue weighted by Crippen LogP contribution is -2.52. The van der Waals surface area contributed by atoms with Gasteiger partial charge in [0.25, 0.3) is 5.91 Å². The molecule has 32 heavy (non-hydrogen) atoms. The van der Waals surface area contributed by atoms with Gasteiger partial charge >= 0.3 is 6.18 Å². The Kier molecular flexibility index (Phi) is 5.24. The largest absolute Gasteiger partial charge is 0.417 e. The molecule has 1 saturated heterocycles. The van der Waals surface area contributed by atoms with Gasteiger partial charge in [-0.25, -0.2) is 13.8 Å². The number of nitrogens with zero attached hydrogens (tertiary/aromatic N) is 4. The van der Waals surface area contributed by atoms with E-state index >= 15 is 0 Å². The minimum absolute atomic E-state index is 0.0136. The molecule has 3 rings (SSSR count). The third-order valence-corrected chi connectivity index (χ3v) is 5.26. The van der Waals surface area contributed by atoms with Crippen molar-refractivity contribution in [1.82, 2.24) is 4.98 Å². The van der Waals surface area contributed by atoms with E-state index in [0.29, 0.717) is 18.2 Å². The minimum Gasteiger partial charge on any atom is -0.342 e. The van der Waals surface area contributed by atoms with Crippen LogP contribution in [0.5, 0.6) is 0 Å². The number of carbonyl (C=O) groups is 1. The second kappa shape index (κ2) is 8.52. The first-order valence-corrected chi connectivity index (χ1v) is 9.45. The number of hydrogen-bond acceptors (Lipinski definition) is 5. The maximum Gasteiger partial charge on any atom is 0.417 e. The van der Waals surface area contributed by atoms with Crippen molar-refractivity contribution in [2.24, 2.45) is 5.73 Å². The number of anilines is 2. The molecule has 1 aromatic carbocycles. The molecule has 12 heteroatoms. The fourth-order valence-corrected chi connectivity index (χ4v) is 3.66. The van der Waals surface area contributed by atoms with Crippen LogP contribution < -0.4 is 15.5 Å². The molecule has 1 aliphatic heterocycles. The zero-order valence-corrected chi connectivity index (χ0v) is 17.1. The highest BCUT2D eigenvalue weighted by Gasteiger charge is 2.43. The van der Waals surface area contributed by atoms with Crippen LogP contribution in [0, 0.1) is 29.9 Å². The molecule has 0 bridgehead atoms. The second-order valence-electron chi connectivity index (χ2n) is 7.10. The summed E-state index contributed by atoms with van der Waals surface area (Å²) in [5.74, 6) is -4.46. The second-order valence-corrected chi connectivity index (χ2v) is 7.51. The summed E-state index contributed by atoms with van der Waals surface area (Å²) in [6.07, 6.45) is -4.91. The molecule has 1 fully saturated rings. The fourth-order valence-electron chi connectivity index (χ4n) is 3.50. The van der Waals surface area contributed by atoms with E-state index in [1.165, 1.54) is 13.0 Å². The zero-order chi connectivity index (χ0) is 26.5. The van der Waals surface area contributed by atoms with Crippen LogP contribution in [-0.2, 0) is 11.0 Å². The molecular weight excluding hydrogens is 457 g/mol. The van der Waals surface area contributed by atoms with Crippen molar-refractivity contribution in [3.05, 3.63) is 51.7 Å². The number of amides is 1. The fraction of sp³-hybridized carbons (Fsp3) is 0.350. The average Bonchev–Trinajstić information content (AvgIpc) is 3.10. The first-order valence-electron chi connectivity index (χ1n) is 10.6. The van der Waals surface area contributed by atoms with Gasteiger partial charge in [-0.1, -0.05) is 11.6 Å². The molecule has 1 aliphatic rings. The SMILES string of the molecule is [2H]C([2H])([2H])N(C(=O)[C@@H]1[C@H](N)CCN1c1nc(C)cc(C(F)(F)F)c1C#N)c1cc(Cl)c(F)cc1F. The highest BCUT2D eigenvalue weighted by molar-refractivity contribution is 6.31. The van der Waals surface area contributed by atoms with Gasteiger partial charge in [0, 0.05) is 35.4 Å². The number of halogens is 6. The lowest BCUT2D eigenvalue weighted by molar-refractivity contribution is -0.137. The van der Waals surface area contributed by atoms with Gasteiger partial charge in [0.15, 0.2) is 0 Å². The van der Waals surface area contributed by atoms with E-state index in [1.54, 1.807) is 0 Å². The number of rotatable bonds is 3. The van der Waals surface area contributed by atoms with Crippen molar-refractivity contribution in [1.29, 1.82) is 5.26 Å². The van der Waals surface area contributed by atoms with Gasteiger partial charge in [0.05, 0.1) is 16.3 Å². The lowest BCUT2D eigenvalue weighted by Gasteiger charge is -2.31. The lowest BCUT2D eigenvalue weighted by atomic mass is 10.1. The molecule has 170 valence electrons. The number of nitrogens with two attached hydrogens (primary N) is 1. The third kappa shape index (κ3) is 4.20. The van der Waals surface area contributed by atoms with Crippen LogP contribution in [0.2, 0.25) is 5.02 Å². The molecule has 0 spiro atoms. The van der Waals surface area contributed by atoms with Gasteiger partial charge in [-0.15, -0.1) is 0 Å². The van der Waals surface area contributed by atoms with Gasteiger partial charge < -0.3 is 15.5 Å². The van der Waals surface area contributed by atoms with Crippen LogP contribution in [-0.4, -0.2) is 36.5 Å². The predicted octanol–water partition coefficient (Wildman–Crippen LogP) is 3.78. The maximum absolute atomic E-state index is 14.6. The number of aryl methyl sites for hydroxylation is 1. The van der Waals surface area contributed by atoms with Crippen LogP contribution in [0.1, 0.15) is 27.4 Å². The highest BCUT2D eigenvalue weighted by atomic mass is 35.5. The highest BCUT2D eigenvalue weighted by Crippen LogP contribution is 2.38. The van der Waals surface area contributed by atoms with Gasteiger partial charge in [0.1, 0.15) is 35.1 Å². The van der Waals surface area contributed by atoms with Gasteiger partial charge in [0.2, 0.25) is 0 Å². The number of alkyl halides is 3. The van der Waals surface area contributed by atoms with Gasteiger partial charge in [-0.05, 0) is 25.5 Å². The standard InChI is InChI=1S/C20H17ClF5N5O/c1-9-5-11(20(24,25)26)10(8-27)18(29-9)31-4-3-15(28)17(31)19(32)30(2)16-6-12(21)13(22)7-14(16)23/h5-7,15,17H,3-4,28H2,1-2H3/t15-,17+/m1/s1/i2D3. The Morgan fingerprint density at radius 3 is 2.66 bits per heavy atom. The molecule has 1 aromatic heterocycles. The van der Waals surface area contributed by atoms with Crippen LogP contribution in [0.25, 0.3) is 0 Å². The van der Waals surface area contributed by atoms with Crippen LogP contribution in [0.15, 0.2) is 18.2 Å². The summed E-state index contributed by atoms with van der Waals surface area (Å²) >= 11 is 5.66. The van der Waals surface area contributed by atoms with Gasteiger partial charge in [-0.3, -0.25) is 4.79 Å². The van der Waals surface area contributed by atoms with E-state index in [0.717, 1.165) is 4.90 Å². The van der Waals surface area contributed by atoms with Crippen molar-refractivity contribution < 1.29 is 30.9 Å². The molecule has 1 amide bonds. The third-order valence-electron chi connectivity index (χ3n) is 4.97. The summed E-state index contributed by atoms with van der Waals surface area (Å²) in [5, 5.41) is 8.81. The quantitative estimate of drug-likeness (QED) is 0.538. The molecule has 2 heterocycles. The summed E-state index contributed by atoms with van der Waals surface area (Å²) < 4.78 is 92.2. The molecule has 2 aromatic rings.